The van der Waals surface area contributed by atoms with Gasteiger partial charge in [0.1, 0.15) is 12.6 Å². The standard InChI is InChI=1S/C21H21N3O4S3/c1-13(25)28-9-11-30-21-23-15-7-6-14(12-18(15)31-21)22-19(26)16-4-2-8-24(16)20(27)17-5-3-10-29-17/h3,5-7,10,12,16H,2,4,8-9,11H2,1H3,(H,22,26). The van der Waals surface area contributed by atoms with Gasteiger partial charge in [-0.2, -0.15) is 0 Å². The number of hydrogen-bond donors (Lipinski definition) is 1. The second-order valence-corrected chi connectivity index (χ2v) is 10.3. The quantitative estimate of drug-likeness (QED) is 0.312. The number of thiophene rings is 1. The minimum Gasteiger partial charge on any atom is -0.465 e. The molecule has 10 heteroatoms. The number of nitrogens with zero attached hydrogens (tertiary/aromatic N) is 2. The van der Waals surface area contributed by atoms with Gasteiger partial charge in [-0.1, -0.05) is 17.8 Å². The predicted molar refractivity (Wildman–Crippen MR) is 124 cm³/mol. The number of fused-ring (bicyclic) bond motifs is 1. The smallest absolute Gasteiger partial charge is 0.302 e. The summed E-state index contributed by atoms with van der Waals surface area (Å²) >= 11 is 4.45. The van der Waals surface area contributed by atoms with Crippen LogP contribution in [0, 0.1) is 0 Å². The Morgan fingerprint density at radius 2 is 2.19 bits per heavy atom. The van der Waals surface area contributed by atoms with Gasteiger partial charge in [0.05, 0.1) is 15.1 Å². The number of thiazole rings is 1. The number of amides is 2. The highest BCUT2D eigenvalue weighted by atomic mass is 32.2. The predicted octanol–water partition coefficient (Wildman–Crippen LogP) is 4.26. The molecule has 4 rings (SSSR count). The van der Waals surface area contributed by atoms with Gasteiger partial charge in [0, 0.05) is 24.9 Å². The van der Waals surface area contributed by atoms with Crippen molar-refractivity contribution < 1.29 is 19.1 Å². The van der Waals surface area contributed by atoms with Gasteiger partial charge in [0.2, 0.25) is 5.91 Å². The maximum atomic E-state index is 12.9. The number of carbonyl (C=O) groups is 3. The fraction of sp³-hybridized carbons (Fsp3) is 0.333. The molecule has 3 aromatic rings. The van der Waals surface area contributed by atoms with E-state index < -0.39 is 6.04 Å². The van der Waals surface area contributed by atoms with Crippen LogP contribution in [0.2, 0.25) is 0 Å². The molecule has 1 aliphatic rings. The van der Waals surface area contributed by atoms with Gasteiger partial charge < -0.3 is 15.0 Å². The third-order valence-electron chi connectivity index (χ3n) is 4.80. The van der Waals surface area contributed by atoms with Crippen LogP contribution >= 0.6 is 34.4 Å². The molecule has 31 heavy (non-hydrogen) atoms. The van der Waals surface area contributed by atoms with Gasteiger partial charge in [-0.25, -0.2) is 4.98 Å². The summed E-state index contributed by atoms with van der Waals surface area (Å²) in [6.07, 6.45) is 1.48. The van der Waals surface area contributed by atoms with E-state index >= 15 is 0 Å². The SMILES string of the molecule is CC(=O)OCCSc1nc2ccc(NC(=O)C3CCCN3C(=O)c3cccs3)cc2s1. The highest BCUT2D eigenvalue weighted by Crippen LogP contribution is 2.31. The van der Waals surface area contributed by atoms with Crippen molar-refractivity contribution in [3.05, 3.63) is 40.6 Å². The molecule has 7 nitrogen and oxygen atoms in total. The second-order valence-electron chi connectivity index (χ2n) is 6.97. The minimum absolute atomic E-state index is 0.0824. The van der Waals surface area contributed by atoms with Crippen molar-refractivity contribution in [1.82, 2.24) is 9.88 Å². The summed E-state index contributed by atoms with van der Waals surface area (Å²) in [5.41, 5.74) is 1.54. The number of rotatable bonds is 7. The summed E-state index contributed by atoms with van der Waals surface area (Å²) < 4.78 is 6.79. The van der Waals surface area contributed by atoms with Crippen LogP contribution in [0.15, 0.2) is 40.1 Å². The Morgan fingerprint density at radius 3 is 2.97 bits per heavy atom. The van der Waals surface area contributed by atoms with Gasteiger partial charge in [0.15, 0.2) is 4.34 Å². The Labute approximate surface area is 191 Å². The number of thioether (sulfide) groups is 1. The fourth-order valence-corrected chi connectivity index (χ4v) is 6.08. The van der Waals surface area contributed by atoms with E-state index in [2.05, 4.69) is 10.3 Å². The summed E-state index contributed by atoms with van der Waals surface area (Å²) in [6.45, 7) is 2.33. The molecule has 1 aliphatic heterocycles. The zero-order valence-corrected chi connectivity index (χ0v) is 19.3. The molecule has 0 radical (unpaired) electrons. The lowest BCUT2D eigenvalue weighted by Crippen LogP contribution is -2.42. The van der Waals surface area contributed by atoms with Gasteiger partial charge in [-0.15, -0.1) is 22.7 Å². The minimum atomic E-state index is -0.459. The first-order chi connectivity index (χ1) is 15.0. The van der Waals surface area contributed by atoms with Gasteiger partial charge in [0.25, 0.3) is 5.91 Å². The molecule has 162 valence electrons. The van der Waals surface area contributed by atoms with Crippen molar-refractivity contribution in [3.8, 4) is 0 Å². The van der Waals surface area contributed by atoms with E-state index in [9.17, 15) is 14.4 Å². The molecule has 3 heterocycles. The first-order valence-electron chi connectivity index (χ1n) is 9.83. The van der Waals surface area contributed by atoms with Crippen LogP contribution in [0.4, 0.5) is 5.69 Å². The monoisotopic (exact) mass is 475 g/mol. The Bertz CT molecular complexity index is 1100. The maximum absolute atomic E-state index is 12.9. The summed E-state index contributed by atoms with van der Waals surface area (Å²) in [7, 11) is 0. The Balaban J connectivity index is 1.40. The van der Waals surface area contributed by atoms with Crippen LogP contribution in [0.5, 0.6) is 0 Å². The summed E-state index contributed by atoms with van der Waals surface area (Å²) in [5, 5.41) is 4.83. The number of hydrogen-bond acceptors (Lipinski definition) is 8. The van der Waals surface area contributed by atoms with E-state index in [0.717, 1.165) is 21.0 Å². The maximum Gasteiger partial charge on any atom is 0.302 e. The van der Waals surface area contributed by atoms with Crippen molar-refractivity contribution in [3.63, 3.8) is 0 Å². The molecular formula is C21H21N3O4S3. The van der Waals surface area contributed by atoms with E-state index in [-0.39, 0.29) is 17.8 Å². The first kappa shape index (κ1) is 21.8. The number of nitrogens with one attached hydrogen (secondary N) is 1. The number of anilines is 1. The number of likely N-dealkylation sites (tertiary alicyclic amines) is 1. The second kappa shape index (κ2) is 9.80. The molecule has 0 bridgehead atoms. The zero-order valence-electron chi connectivity index (χ0n) is 16.8. The molecule has 1 atom stereocenters. The van der Waals surface area contributed by atoms with E-state index in [0.29, 0.717) is 35.9 Å². The number of esters is 1. The molecule has 0 saturated carbocycles. The molecule has 1 N–H and O–H groups in total. The van der Waals surface area contributed by atoms with Gasteiger partial charge in [-0.3, -0.25) is 14.4 Å². The Morgan fingerprint density at radius 1 is 1.32 bits per heavy atom. The van der Waals surface area contributed by atoms with Crippen molar-refractivity contribution in [2.75, 3.05) is 24.2 Å². The number of ether oxygens (including phenoxy) is 1. The lowest BCUT2D eigenvalue weighted by atomic mass is 10.2. The first-order valence-corrected chi connectivity index (χ1v) is 12.5. The lowest BCUT2D eigenvalue weighted by Gasteiger charge is -2.23. The molecule has 1 aromatic carbocycles. The number of benzene rings is 1. The van der Waals surface area contributed by atoms with Crippen LogP contribution in [-0.2, 0) is 14.3 Å². The summed E-state index contributed by atoms with van der Waals surface area (Å²) in [5.74, 6) is 0.102. The van der Waals surface area contributed by atoms with Crippen LogP contribution in [0.1, 0.15) is 29.4 Å². The largest absolute Gasteiger partial charge is 0.465 e. The van der Waals surface area contributed by atoms with Gasteiger partial charge in [-0.05, 0) is 42.5 Å². The van der Waals surface area contributed by atoms with E-state index in [1.54, 1.807) is 11.0 Å². The normalized spacial score (nSPS) is 15.9. The van der Waals surface area contributed by atoms with Crippen LogP contribution in [-0.4, -0.2) is 52.6 Å². The molecule has 1 unspecified atom stereocenters. The van der Waals surface area contributed by atoms with Crippen molar-refractivity contribution in [2.24, 2.45) is 0 Å². The molecule has 2 aromatic heterocycles. The van der Waals surface area contributed by atoms with Crippen LogP contribution in [0.25, 0.3) is 10.2 Å². The highest BCUT2D eigenvalue weighted by Gasteiger charge is 2.34. The molecule has 0 spiro atoms. The van der Waals surface area contributed by atoms with E-state index in [4.69, 9.17) is 4.74 Å². The molecule has 1 fully saturated rings. The molecular weight excluding hydrogens is 454 g/mol. The molecule has 1 saturated heterocycles. The highest BCUT2D eigenvalue weighted by molar-refractivity contribution is 8.01. The molecule has 2 amide bonds. The topological polar surface area (TPSA) is 88.6 Å². The average Bonchev–Trinajstić information content (AvgIpc) is 3.50. The zero-order chi connectivity index (χ0) is 21.8. The summed E-state index contributed by atoms with van der Waals surface area (Å²) in [6, 6.07) is 8.78. The third-order valence-corrected chi connectivity index (χ3v) is 7.78. The third kappa shape index (κ3) is 5.25. The van der Waals surface area contributed by atoms with Crippen LogP contribution in [0.3, 0.4) is 0 Å². The van der Waals surface area contributed by atoms with E-state index in [1.165, 1.54) is 41.4 Å². The number of carbonyl (C=O) groups excluding carboxylic acids is 3. The van der Waals surface area contributed by atoms with Crippen molar-refractivity contribution in [1.29, 1.82) is 0 Å². The Hall–Kier alpha value is -2.43. The number of aromatic nitrogens is 1. The fourth-order valence-electron chi connectivity index (χ4n) is 3.41. The van der Waals surface area contributed by atoms with Gasteiger partial charge >= 0.3 is 5.97 Å². The van der Waals surface area contributed by atoms with Crippen molar-refractivity contribution >= 4 is 68.1 Å². The van der Waals surface area contributed by atoms with Crippen molar-refractivity contribution in [2.45, 2.75) is 30.1 Å². The summed E-state index contributed by atoms with van der Waals surface area (Å²) in [4.78, 5) is 43.4. The lowest BCUT2D eigenvalue weighted by molar-refractivity contribution is -0.140. The average molecular weight is 476 g/mol. The van der Waals surface area contributed by atoms with E-state index in [1.807, 2.05) is 29.6 Å². The van der Waals surface area contributed by atoms with Crippen LogP contribution < -0.4 is 5.32 Å². The Kier molecular flexibility index (Phi) is 6.89. The molecule has 0 aliphatic carbocycles.